The lowest BCUT2D eigenvalue weighted by molar-refractivity contribution is 0.377. The molecule has 0 unspecified atom stereocenters. The number of methoxy groups -OCH3 is 1. The van der Waals surface area contributed by atoms with Crippen LogP contribution in [-0.4, -0.2) is 7.11 Å². The number of rotatable bonds is 4. The average Bonchev–Trinajstić information content (AvgIpc) is 2.38. The predicted octanol–water partition coefficient (Wildman–Crippen LogP) is 4.75. The SMILES string of the molecule is COc1ccc(C(C)C)cc1Oc1cccc(F)c1. The van der Waals surface area contributed by atoms with Crippen LogP contribution in [0, 0.1) is 5.82 Å². The molecule has 0 saturated heterocycles. The normalized spacial score (nSPS) is 10.6. The first kappa shape index (κ1) is 13.4. The molecule has 0 aliphatic carbocycles. The van der Waals surface area contributed by atoms with E-state index in [1.54, 1.807) is 19.2 Å². The number of hydrogen-bond acceptors (Lipinski definition) is 2. The Morgan fingerprint density at radius 1 is 1.00 bits per heavy atom. The van der Waals surface area contributed by atoms with Crippen molar-refractivity contribution < 1.29 is 13.9 Å². The molecule has 2 nitrogen and oxygen atoms in total. The van der Waals surface area contributed by atoms with Crippen molar-refractivity contribution in [3.63, 3.8) is 0 Å². The first-order valence-electron chi connectivity index (χ1n) is 6.21. The Bertz CT molecular complexity index is 564. The highest BCUT2D eigenvalue weighted by Crippen LogP contribution is 2.34. The van der Waals surface area contributed by atoms with Gasteiger partial charge in [0.25, 0.3) is 0 Å². The quantitative estimate of drug-likeness (QED) is 0.789. The standard InChI is InChI=1S/C16H17FO2/c1-11(2)12-7-8-15(18-3)16(9-12)19-14-6-4-5-13(17)10-14/h4-11H,1-3H3. The molecule has 2 aromatic rings. The largest absolute Gasteiger partial charge is 0.493 e. The first-order valence-corrected chi connectivity index (χ1v) is 6.21. The van der Waals surface area contributed by atoms with Crippen LogP contribution in [0.5, 0.6) is 17.2 Å². The summed E-state index contributed by atoms with van der Waals surface area (Å²) in [6, 6.07) is 11.9. The van der Waals surface area contributed by atoms with Crippen LogP contribution in [0.4, 0.5) is 4.39 Å². The van der Waals surface area contributed by atoms with Crippen LogP contribution >= 0.6 is 0 Å². The van der Waals surface area contributed by atoms with E-state index in [0.717, 1.165) is 5.56 Å². The van der Waals surface area contributed by atoms with Gasteiger partial charge in [0.2, 0.25) is 0 Å². The Hall–Kier alpha value is -2.03. The summed E-state index contributed by atoms with van der Waals surface area (Å²) in [4.78, 5) is 0. The summed E-state index contributed by atoms with van der Waals surface area (Å²) in [6.45, 7) is 4.21. The molecule has 0 bridgehead atoms. The molecule has 19 heavy (non-hydrogen) atoms. The van der Waals surface area contributed by atoms with Crippen molar-refractivity contribution in [1.29, 1.82) is 0 Å². The minimum atomic E-state index is -0.323. The van der Waals surface area contributed by atoms with Gasteiger partial charge in [-0.05, 0) is 35.7 Å². The molecule has 0 radical (unpaired) electrons. The topological polar surface area (TPSA) is 18.5 Å². The molecule has 0 heterocycles. The van der Waals surface area contributed by atoms with Crippen molar-refractivity contribution in [2.24, 2.45) is 0 Å². The third-order valence-electron chi connectivity index (χ3n) is 2.88. The fourth-order valence-electron chi connectivity index (χ4n) is 1.79. The van der Waals surface area contributed by atoms with Gasteiger partial charge in [-0.1, -0.05) is 26.0 Å². The molecule has 100 valence electrons. The molecule has 0 spiro atoms. The molecule has 0 N–H and O–H groups in total. The smallest absolute Gasteiger partial charge is 0.169 e. The summed E-state index contributed by atoms with van der Waals surface area (Å²) in [5.74, 6) is 1.75. The maximum Gasteiger partial charge on any atom is 0.169 e. The monoisotopic (exact) mass is 260 g/mol. The third-order valence-corrected chi connectivity index (χ3v) is 2.88. The van der Waals surface area contributed by atoms with E-state index in [9.17, 15) is 4.39 Å². The average molecular weight is 260 g/mol. The second-order valence-electron chi connectivity index (χ2n) is 4.62. The van der Waals surface area contributed by atoms with E-state index >= 15 is 0 Å². The van der Waals surface area contributed by atoms with Crippen LogP contribution in [-0.2, 0) is 0 Å². The number of halogens is 1. The highest BCUT2D eigenvalue weighted by atomic mass is 19.1. The summed E-state index contributed by atoms with van der Waals surface area (Å²) in [5.41, 5.74) is 1.15. The van der Waals surface area contributed by atoms with Crippen LogP contribution in [0.15, 0.2) is 42.5 Å². The van der Waals surface area contributed by atoms with Crippen LogP contribution < -0.4 is 9.47 Å². The maximum atomic E-state index is 13.1. The molecule has 0 aromatic heterocycles. The van der Waals surface area contributed by atoms with Crippen LogP contribution in [0.3, 0.4) is 0 Å². The minimum absolute atomic E-state index is 0.323. The molecule has 3 heteroatoms. The fourth-order valence-corrected chi connectivity index (χ4v) is 1.79. The van der Waals surface area contributed by atoms with Crippen molar-refractivity contribution in [1.82, 2.24) is 0 Å². The van der Waals surface area contributed by atoms with Gasteiger partial charge in [-0.3, -0.25) is 0 Å². The predicted molar refractivity (Wildman–Crippen MR) is 73.6 cm³/mol. The second kappa shape index (κ2) is 5.74. The zero-order chi connectivity index (χ0) is 13.8. The molecular weight excluding hydrogens is 243 g/mol. The van der Waals surface area contributed by atoms with E-state index in [-0.39, 0.29) is 5.82 Å². The van der Waals surface area contributed by atoms with Crippen molar-refractivity contribution in [2.75, 3.05) is 7.11 Å². The van der Waals surface area contributed by atoms with E-state index in [1.807, 2.05) is 18.2 Å². The Kier molecular flexibility index (Phi) is 4.05. The van der Waals surface area contributed by atoms with Crippen molar-refractivity contribution >= 4 is 0 Å². The highest BCUT2D eigenvalue weighted by Gasteiger charge is 2.09. The zero-order valence-electron chi connectivity index (χ0n) is 11.3. The van der Waals surface area contributed by atoms with Crippen molar-refractivity contribution in [3.05, 3.63) is 53.8 Å². The van der Waals surface area contributed by atoms with Gasteiger partial charge in [-0.2, -0.15) is 0 Å². The van der Waals surface area contributed by atoms with Gasteiger partial charge in [0.15, 0.2) is 11.5 Å². The van der Waals surface area contributed by atoms with E-state index in [1.165, 1.54) is 12.1 Å². The molecule has 0 saturated carbocycles. The van der Waals surface area contributed by atoms with E-state index in [4.69, 9.17) is 9.47 Å². The minimum Gasteiger partial charge on any atom is -0.493 e. The third kappa shape index (κ3) is 3.25. The molecule has 2 rings (SSSR count). The van der Waals surface area contributed by atoms with E-state index < -0.39 is 0 Å². The lowest BCUT2D eigenvalue weighted by Gasteiger charge is -2.13. The van der Waals surface area contributed by atoms with Crippen LogP contribution in [0.2, 0.25) is 0 Å². The zero-order valence-corrected chi connectivity index (χ0v) is 11.3. The molecular formula is C16H17FO2. The van der Waals surface area contributed by atoms with Crippen molar-refractivity contribution in [2.45, 2.75) is 19.8 Å². The second-order valence-corrected chi connectivity index (χ2v) is 4.62. The maximum absolute atomic E-state index is 13.1. The Labute approximate surface area is 112 Å². The number of benzene rings is 2. The highest BCUT2D eigenvalue weighted by molar-refractivity contribution is 5.46. The van der Waals surface area contributed by atoms with Gasteiger partial charge < -0.3 is 9.47 Å². The van der Waals surface area contributed by atoms with Crippen molar-refractivity contribution in [3.8, 4) is 17.2 Å². The Morgan fingerprint density at radius 3 is 2.42 bits per heavy atom. The summed E-state index contributed by atoms with van der Waals surface area (Å²) >= 11 is 0. The summed E-state index contributed by atoms with van der Waals surface area (Å²) in [5, 5.41) is 0. The van der Waals surface area contributed by atoms with Gasteiger partial charge in [-0.15, -0.1) is 0 Å². The van der Waals surface area contributed by atoms with E-state index in [2.05, 4.69) is 13.8 Å². The van der Waals surface area contributed by atoms with E-state index in [0.29, 0.717) is 23.2 Å². The lowest BCUT2D eigenvalue weighted by Crippen LogP contribution is -1.94. The van der Waals surface area contributed by atoms with Gasteiger partial charge in [0, 0.05) is 6.07 Å². The molecule has 0 atom stereocenters. The summed E-state index contributed by atoms with van der Waals surface area (Å²) in [6.07, 6.45) is 0. The van der Waals surface area contributed by atoms with Crippen LogP contribution in [0.1, 0.15) is 25.3 Å². The lowest BCUT2D eigenvalue weighted by atomic mass is 10.0. The Balaban J connectivity index is 2.34. The van der Waals surface area contributed by atoms with Gasteiger partial charge in [-0.25, -0.2) is 4.39 Å². The summed E-state index contributed by atoms with van der Waals surface area (Å²) in [7, 11) is 1.59. The van der Waals surface area contributed by atoms with Crippen LogP contribution in [0.25, 0.3) is 0 Å². The first-order chi connectivity index (χ1) is 9.10. The fraction of sp³-hybridized carbons (Fsp3) is 0.250. The van der Waals surface area contributed by atoms with Gasteiger partial charge in [0.05, 0.1) is 7.11 Å². The molecule has 0 fully saturated rings. The molecule has 2 aromatic carbocycles. The summed E-state index contributed by atoms with van der Waals surface area (Å²) < 4.78 is 24.1. The Morgan fingerprint density at radius 2 is 1.79 bits per heavy atom. The van der Waals surface area contributed by atoms with Gasteiger partial charge >= 0.3 is 0 Å². The molecule has 0 aliphatic rings. The number of hydrogen-bond donors (Lipinski definition) is 0. The molecule has 0 amide bonds. The number of ether oxygens (including phenoxy) is 2. The molecule has 0 aliphatic heterocycles. The van der Waals surface area contributed by atoms with Gasteiger partial charge in [0.1, 0.15) is 11.6 Å².